The number of benzene rings is 1. The lowest BCUT2D eigenvalue weighted by molar-refractivity contribution is 0.222. The van der Waals surface area contributed by atoms with Crippen LogP contribution in [0.5, 0.6) is 0 Å². The monoisotopic (exact) mass is 324 g/mol. The molecule has 1 aromatic carbocycles. The second kappa shape index (κ2) is 5.84. The number of nitrogens with two attached hydrogens (primary N) is 1. The largest absolute Gasteiger partial charge is 0.371 e. The summed E-state index contributed by atoms with van der Waals surface area (Å²) in [5, 5.41) is 0. The van der Waals surface area contributed by atoms with Gasteiger partial charge in [0.2, 0.25) is 0 Å². The smallest absolute Gasteiger partial charge is 0.0423 e. The van der Waals surface area contributed by atoms with Crippen molar-refractivity contribution in [3.63, 3.8) is 0 Å². The van der Waals surface area contributed by atoms with Crippen molar-refractivity contribution in [2.75, 3.05) is 11.9 Å². The predicted octanol–water partition coefficient (Wildman–Crippen LogP) is 4.31. The van der Waals surface area contributed by atoms with Crippen LogP contribution < -0.4 is 10.6 Å². The van der Waals surface area contributed by atoms with Crippen molar-refractivity contribution >= 4 is 21.6 Å². The van der Waals surface area contributed by atoms with E-state index in [2.05, 4.69) is 59.9 Å². The zero-order valence-electron chi connectivity index (χ0n) is 12.2. The zero-order chi connectivity index (χ0) is 14.0. The van der Waals surface area contributed by atoms with Crippen molar-refractivity contribution in [1.29, 1.82) is 0 Å². The lowest BCUT2D eigenvalue weighted by Gasteiger charge is -2.40. The van der Waals surface area contributed by atoms with E-state index in [1.807, 2.05) is 0 Å². The van der Waals surface area contributed by atoms with Gasteiger partial charge in [-0.3, -0.25) is 0 Å². The number of rotatable bonds is 3. The van der Waals surface area contributed by atoms with Crippen LogP contribution in [0.15, 0.2) is 22.7 Å². The Bertz CT molecular complexity index is 432. The van der Waals surface area contributed by atoms with Crippen LogP contribution in [-0.2, 0) is 6.54 Å². The van der Waals surface area contributed by atoms with Gasteiger partial charge < -0.3 is 10.6 Å². The molecule has 0 aromatic heterocycles. The molecule has 1 fully saturated rings. The van der Waals surface area contributed by atoms with Crippen molar-refractivity contribution in [3.05, 3.63) is 28.2 Å². The second-order valence-electron chi connectivity index (χ2n) is 6.45. The number of nitrogens with zero attached hydrogens (tertiary/aromatic N) is 1. The fourth-order valence-electron chi connectivity index (χ4n) is 3.05. The van der Waals surface area contributed by atoms with Gasteiger partial charge in [0.1, 0.15) is 0 Å². The molecule has 1 aliphatic rings. The second-order valence-corrected chi connectivity index (χ2v) is 7.30. The third-order valence-electron chi connectivity index (χ3n) is 4.53. The molecule has 0 amide bonds. The molecule has 19 heavy (non-hydrogen) atoms. The normalized spacial score (nSPS) is 19.4. The standard InChI is InChI=1S/C16H25BrN2/c1-16(2)9-7-12(8-10-16)19(3)15-6-4-5-14(17)13(15)11-18/h4-6,12H,7-11,18H2,1-3H3. The lowest BCUT2D eigenvalue weighted by atomic mass is 9.75. The van der Waals surface area contributed by atoms with E-state index in [-0.39, 0.29) is 0 Å². The first kappa shape index (κ1) is 14.9. The molecule has 0 radical (unpaired) electrons. The fraction of sp³-hybridized carbons (Fsp3) is 0.625. The van der Waals surface area contributed by atoms with Crippen LogP contribution in [0.2, 0.25) is 0 Å². The van der Waals surface area contributed by atoms with Gasteiger partial charge in [-0.1, -0.05) is 35.8 Å². The minimum atomic E-state index is 0.519. The van der Waals surface area contributed by atoms with Crippen molar-refractivity contribution in [2.45, 2.75) is 52.1 Å². The maximum atomic E-state index is 5.91. The molecular weight excluding hydrogens is 300 g/mol. The van der Waals surface area contributed by atoms with Crippen LogP contribution in [0.25, 0.3) is 0 Å². The fourth-order valence-corrected chi connectivity index (χ4v) is 3.57. The Morgan fingerprint density at radius 2 is 1.95 bits per heavy atom. The highest BCUT2D eigenvalue weighted by atomic mass is 79.9. The molecule has 0 saturated heterocycles. The van der Waals surface area contributed by atoms with E-state index in [1.165, 1.54) is 36.9 Å². The topological polar surface area (TPSA) is 29.3 Å². The summed E-state index contributed by atoms with van der Waals surface area (Å²) in [5.41, 5.74) is 8.92. The van der Waals surface area contributed by atoms with Crippen LogP contribution >= 0.6 is 15.9 Å². The van der Waals surface area contributed by atoms with Gasteiger partial charge in [0, 0.05) is 35.4 Å². The van der Waals surface area contributed by atoms with Crippen LogP contribution in [-0.4, -0.2) is 13.1 Å². The Labute approximate surface area is 125 Å². The molecule has 1 aromatic rings. The molecule has 2 N–H and O–H groups in total. The summed E-state index contributed by atoms with van der Waals surface area (Å²) in [7, 11) is 2.21. The Kier molecular flexibility index (Phi) is 4.57. The summed E-state index contributed by atoms with van der Waals surface area (Å²) in [4.78, 5) is 2.43. The molecule has 106 valence electrons. The maximum Gasteiger partial charge on any atom is 0.0423 e. The zero-order valence-corrected chi connectivity index (χ0v) is 13.8. The molecule has 0 aliphatic heterocycles. The van der Waals surface area contributed by atoms with Gasteiger partial charge in [-0.2, -0.15) is 0 Å². The Balaban J connectivity index is 2.16. The quantitative estimate of drug-likeness (QED) is 0.897. The van der Waals surface area contributed by atoms with Crippen molar-refractivity contribution in [1.82, 2.24) is 0 Å². The highest BCUT2D eigenvalue weighted by Crippen LogP contribution is 2.38. The third-order valence-corrected chi connectivity index (χ3v) is 5.28. The molecule has 1 aliphatic carbocycles. The number of halogens is 1. The van der Waals surface area contributed by atoms with Crippen LogP contribution in [0.1, 0.15) is 45.1 Å². The van der Waals surface area contributed by atoms with E-state index in [9.17, 15) is 0 Å². The molecule has 1 saturated carbocycles. The summed E-state index contributed by atoms with van der Waals surface area (Å²) in [6.07, 6.45) is 5.18. The van der Waals surface area contributed by atoms with Gasteiger partial charge in [-0.05, 0) is 43.2 Å². The average Bonchev–Trinajstić information content (AvgIpc) is 2.37. The van der Waals surface area contributed by atoms with E-state index >= 15 is 0 Å². The van der Waals surface area contributed by atoms with Gasteiger partial charge in [-0.15, -0.1) is 0 Å². The Morgan fingerprint density at radius 3 is 2.53 bits per heavy atom. The average molecular weight is 325 g/mol. The highest BCUT2D eigenvalue weighted by molar-refractivity contribution is 9.10. The molecule has 0 spiro atoms. The SMILES string of the molecule is CN(c1cccc(Br)c1CN)C1CCC(C)(C)CC1. The van der Waals surface area contributed by atoms with E-state index < -0.39 is 0 Å². The Hall–Kier alpha value is -0.540. The maximum absolute atomic E-state index is 5.91. The van der Waals surface area contributed by atoms with Crippen molar-refractivity contribution in [2.24, 2.45) is 11.1 Å². The van der Waals surface area contributed by atoms with E-state index in [4.69, 9.17) is 5.73 Å². The summed E-state index contributed by atoms with van der Waals surface area (Å²) >= 11 is 3.61. The van der Waals surface area contributed by atoms with Crippen LogP contribution in [0.4, 0.5) is 5.69 Å². The minimum Gasteiger partial charge on any atom is -0.371 e. The van der Waals surface area contributed by atoms with Crippen LogP contribution in [0, 0.1) is 5.41 Å². The highest BCUT2D eigenvalue weighted by Gasteiger charge is 2.29. The summed E-state index contributed by atoms with van der Waals surface area (Å²) in [6.45, 7) is 5.35. The summed E-state index contributed by atoms with van der Waals surface area (Å²) in [6, 6.07) is 7.01. The van der Waals surface area contributed by atoms with Crippen molar-refractivity contribution < 1.29 is 0 Å². The van der Waals surface area contributed by atoms with Gasteiger partial charge >= 0.3 is 0 Å². The molecule has 3 heteroatoms. The third kappa shape index (κ3) is 3.32. The summed E-state index contributed by atoms with van der Waals surface area (Å²) in [5.74, 6) is 0. The lowest BCUT2D eigenvalue weighted by Crippen LogP contribution is -2.37. The molecule has 0 atom stereocenters. The van der Waals surface area contributed by atoms with E-state index in [0.29, 0.717) is 18.0 Å². The number of anilines is 1. The molecule has 2 nitrogen and oxygen atoms in total. The number of hydrogen-bond donors (Lipinski definition) is 1. The summed E-state index contributed by atoms with van der Waals surface area (Å²) < 4.78 is 1.12. The molecule has 0 bridgehead atoms. The van der Waals surface area contributed by atoms with Crippen LogP contribution in [0.3, 0.4) is 0 Å². The first-order chi connectivity index (χ1) is 8.94. The predicted molar refractivity (Wildman–Crippen MR) is 86.5 cm³/mol. The number of hydrogen-bond acceptors (Lipinski definition) is 2. The van der Waals surface area contributed by atoms with Gasteiger partial charge in [0.15, 0.2) is 0 Å². The molecule has 0 unspecified atom stereocenters. The van der Waals surface area contributed by atoms with Gasteiger partial charge in [0.05, 0.1) is 0 Å². The first-order valence-electron chi connectivity index (χ1n) is 7.15. The minimum absolute atomic E-state index is 0.519. The van der Waals surface area contributed by atoms with E-state index in [1.54, 1.807) is 0 Å². The molecule has 0 heterocycles. The van der Waals surface area contributed by atoms with Gasteiger partial charge in [0.25, 0.3) is 0 Å². The van der Waals surface area contributed by atoms with E-state index in [0.717, 1.165) is 4.47 Å². The molecular formula is C16H25BrN2. The van der Waals surface area contributed by atoms with Gasteiger partial charge in [-0.25, -0.2) is 0 Å². The molecule has 2 rings (SSSR count). The first-order valence-corrected chi connectivity index (χ1v) is 7.94. The Morgan fingerprint density at radius 1 is 1.32 bits per heavy atom. The van der Waals surface area contributed by atoms with Crippen molar-refractivity contribution in [3.8, 4) is 0 Å².